The van der Waals surface area contributed by atoms with E-state index in [2.05, 4.69) is 15.3 Å². The van der Waals surface area contributed by atoms with Gasteiger partial charge in [-0.1, -0.05) is 0 Å². The van der Waals surface area contributed by atoms with Crippen molar-refractivity contribution in [2.75, 3.05) is 0 Å². The fourth-order valence-corrected chi connectivity index (χ4v) is 0.933. The first kappa shape index (κ1) is 9.44. The molecule has 0 radical (unpaired) electrons. The zero-order valence-electron chi connectivity index (χ0n) is 7.55. The smallest absolute Gasteiger partial charge is 0.251 e. The molecular weight excluding hydrogens is 170 g/mol. The summed E-state index contributed by atoms with van der Waals surface area (Å²) in [5.74, 6) is 0.323. The van der Waals surface area contributed by atoms with Crippen molar-refractivity contribution in [3.05, 3.63) is 27.9 Å². The molecule has 70 valence electrons. The number of nitrogens with zero attached hydrogens (tertiary/aromatic N) is 1. The van der Waals surface area contributed by atoms with Gasteiger partial charge < -0.3 is 10.3 Å². The highest BCUT2D eigenvalue weighted by Gasteiger charge is 1.98. The molecule has 1 heterocycles. The van der Waals surface area contributed by atoms with Crippen LogP contribution >= 0.6 is 0 Å². The van der Waals surface area contributed by atoms with Gasteiger partial charge in [0.15, 0.2) is 0 Å². The maximum absolute atomic E-state index is 10.9. The van der Waals surface area contributed by atoms with Gasteiger partial charge in [0.05, 0.1) is 6.54 Å². The number of aromatic amines is 1. The lowest BCUT2D eigenvalue weighted by atomic mass is 10.4. The van der Waals surface area contributed by atoms with Crippen LogP contribution in [0, 0.1) is 6.92 Å². The van der Waals surface area contributed by atoms with E-state index in [1.54, 1.807) is 6.92 Å². The molecule has 0 spiro atoms. The van der Waals surface area contributed by atoms with Gasteiger partial charge in [-0.3, -0.25) is 9.59 Å². The average Bonchev–Trinajstić information content (AvgIpc) is 1.99. The number of carbonyl (C=O) groups is 1. The zero-order chi connectivity index (χ0) is 9.84. The molecule has 0 aliphatic carbocycles. The van der Waals surface area contributed by atoms with Gasteiger partial charge in [0.25, 0.3) is 5.56 Å². The summed E-state index contributed by atoms with van der Waals surface area (Å²) in [5, 5.41) is 2.54. The highest BCUT2D eigenvalue weighted by atomic mass is 16.1. The number of aromatic nitrogens is 2. The van der Waals surface area contributed by atoms with Gasteiger partial charge in [0, 0.05) is 18.7 Å². The van der Waals surface area contributed by atoms with Crippen molar-refractivity contribution in [2.24, 2.45) is 0 Å². The van der Waals surface area contributed by atoms with E-state index in [4.69, 9.17) is 0 Å². The predicted octanol–water partition coefficient (Wildman–Crippen LogP) is -0.286. The van der Waals surface area contributed by atoms with Crippen LogP contribution in [0.5, 0.6) is 0 Å². The Morgan fingerprint density at radius 2 is 2.38 bits per heavy atom. The van der Waals surface area contributed by atoms with Crippen molar-refractivity contribution in [3.63, 3.8) is 0 Å². The largest absolute Gasteiger partial charge is 0.349 e. The van der Waals surface area contributed by atoms with Crippen LogP contribution < -0.4 is 10.9 Å². The number of H-pyrrole nitrogens is 1. The van der Waals surface area contributed by atoms with Crippen LogP contribution in [0.3, 0.4) is 0 Å². The first-order chi connectivity index (χ1) is 6.08. The van der Waals surface area contributed by atoms with Crippen molar-refractivity contribution in [1.29, 1.82) is 0 Å². The molecule has 0 aromatic carbocycles. The van der Waals surface area contributed by atoms with Crippen LogP contribution in [-0.2, 0) is 11.3 Å². The van der Waals surface area contributed by atoms with Crippen molar-refractivity contribution in [3.8, 4) is 0 Å². The lowest BCUT2D eigenvalue weighted by Gasteiger charge is -2.01. The number of carbonyl (C=O) groups excluding carboxylic acids is 1. The second kappa shape index (κ2) is 3.84. The van der Waals surface area contributed by atoms with Gasteiger partial charge >= 0.3 is 0 Å². The summed E-state index contributed by atoms with van der Waals surface area (Å²) in [6, 6.07) is 1.40. The SMILES string of the molecule is CC(=O)NCc1nc(C)cc(=O)[nH]1. The normalized spacial score (nSPS) is 9.69. The molecule has 1 aromatic rings. The van der Waals surface area contributed by atoms with Crippen LogP contribution in [0.25, 0.3) is 0 Å². The van der Waals surface area contributed by atoms with Crippen LogP contribution in [0.4, 0.5) is 0 Å². The topological polar surface area (TPSA) is 74.8 Å². The first-order valence-electron chi connectivity index (χ1n) is 3.89. The number of aryl methyl sites for hydroxylation is 1. The van der Waals surface area contributed by atoms with Gasteiger partial charge in [0.2, 0.25) is 5.91 Å². The molecule has 0 atom stereocenters. The van der Waals surface area contributed by atoms with Crippen molar-refractivity contribution >= 4 is 5.91 Å². The van der Waals surface area contributed by atoms with E-state index >= 15 is 0 Å². The lowest BCUT2D eigenvalue weighted by molar-refractivity contribution is -0.119. The number of hydrogen-bond donors (Lipinski definition) is 2. The van der Waals surface area contributed by atoms with E-state index in [0.717, 1.165) is 0 Å². The summed E-state index contributed by atoms with van der Waals surface area (Å²) < 4.78 is 0. The Morgan fingerprint density at radius 3 is 2.92 bits per heavy atom. The molecule has 5 nitrogen and oxygen atoms in total. The van der Waals surface area contributed by atoms with Gasteiger partial charge in [-0.2, -0.15) is 0 Å². The highest BCUT2D eigenvalue weighted by molar-refractivity contribution is 5.72. The number of hydrogen-bond acceptors (Lipinski definition) is 3. The van der Waals surface area contributed by atoms with E-state index < -0.39 is 0 Å². The highest BCUT2D eigenvalue weighted by Crippen LogP contribution is 1.88. The zero-order valence-corrected chi connectivity index (χ0v) is 7.55. The third kappa shape index (κ3) is 3.06. The molecule has 0 bridgehead atoms. The molecular formula is C8H11N3O2. The molecule has 0 saturated heterocycles. The second-order valence-electron chi connectivity index (χ2n) is 2.74. The maximum Gasteiger partial charge on any atom is 0.251 e. The van der Waals surface area contributed by atoms with Crippen molar-refractivity contribution in [1.82, 2.24) is 15.3 Å². The number of amides is 1. The summed E-state index contributed by atoms with van der Waals surface area (Å²) in [6.45, 7) is 3.40. The third-order valence-corrected chi connectivity index (χ3v) is 1.42. The fourth-order valence-electron chi connectivity index (χ4n) is 0.933. The predicted molar refractivity (Wildman–Crippen MR) is 47.1 cm³/mol. The monoisotopic (exact) mass is 181 g/mol. The minimum Gasteiger partial charge on any atom is -0.349 e. The fraction of sp³-hybridized carbons (Fsp3) is 0.375. The summed E-state index contributed by atoms with van der Waals surface area (Å²) in [7, 11) is 0. The molecule has 0 unspecified atom stereocenters. The molecule has 1 rings (SSSR count). The molecule has 0 fully saturated rings. The Bertz CT molecular complexity index is 370. The Balaban J connectivity index is 2.77. The molecule has 0 aliphatic heterocycles. The Morgan fingerprint density at radius 1 is 1.69 bits per heavy atom. The molecule has 2 N–H and O–H groups in total. The molecule has 5 heteroatoms. The minimum atomic E-state index is -0.201. The Hall–Kier alpha value is -1.65. The average molecular weight is 181 g/mol. The molecule has 0 aliphatic rings. The summed E-state index contributed by atoms with van der Waals surface area (Å²) in [4.78, 5) is 28.1. The summed E-state index contributed by atoms with van der Waals surface area (Å²) in [6.07, 6.45) is 0. The Labute approximate surface area is 75.2 Å². The van der Waals surface area contributed by atoms with Crippen LogP contribution in [0.15, 0.2) is 10.9 Å². The quantitative estimate of drug-likeness (QED) is 0.658. The van der Waals surface area contributed by atoms with Crippen molar-refractivity contribution < 1.29 is 4.79 Å². The van der Waals surface area contributed by atoms with Gasteiger partial charge in [-0.25, -0.2) is 4.98 Å². The lowest BCUT2D eigenvalue weighted by Crippen LogP contribution is -2.23. The van der Waals surface area contributed by atoms with Crippen LogP contribution in [0.1, 0.15) is 18.4 Å². The van der Waals surface area contributed by atoms with E-state index in [-0.39, 0.29) is 18.0 Å². The number of nitrogens with one attached hydrogen (secondary N) is 2. The summed E-state index contributed by atoms with van der Waals surface area (Å²) >= 11 is 0. The number of rotatable bonds is 2. The van der Waals surface area contributed by atoms with Gasteiger partial charge in [-0.05, 0) is 6.92 Å². The standard InChI is InChI=1S/C8H11N3O2/c1-5-3-8(13)11-7(10-5)4-9-6(2)12/h3H,4H2,1-2H3,(H,9,12)(H,10,11,13). The van der Waals surface area contributed by atoms with E-state index in [1.165, 1.54) is 13.0 Å². The van der Waals surface area contributed by atoms with Gasteiger partial charge in [0.1, 0.15) is 5.82 Å². The van der Waals surface area contributed by atoms with Crippen LogP contribution in [0.2, 0.25) is 0 Å². The molecule has 1 amide bonds. The van der Waals surface area contributed by atoms with E-state index in [9.17, 15) is 9.59 Å². The molecule has 13 heavy (non-hydrogen) atoms. The second-order valence-corrected chi connectivity index (χ2v) is 2.74. The van der Waals surface area contributed by atoms with E-state index in [1.807, 2.05) is 0 Å². The van der Waals surface area contributed by atoms with Gasteiger partial charge in [-0.15, -0.1) is 0 Å². The van der Waals surface area contributed by atoms with E-state index in [0.29, 0.717) is 11.5 Å². The minimum absolute atomic E-state index is 0.149. The van der Waals surface area contributed by atoms with Crippen LogP contribution in [-0.4, -0.2) is 15.9 Å². The first-order valence-corrected chi connectivity index (χ1v) is 3.89. The Kier molecular flexibility index (Phi) is 2.79. The molecule has 1 aromatic heterocycles. The van der Waals surface area contributed by atoms with Crippen molar-refractivity contribution in [2.45, 2.75) is 20.4 Å². The maximum atomic E-state index is 10.9. The summed E-state index contributed by atoms with van der Waals surface area (Å²) in [5.41, 5.74) is 0.442. The third-order valence-electron chi connectivity index (χ3n) is 1.42. The molecule has 0 saturated carbocycles.